The van der Waals surface area contributed by atoms with Crippen LogP contribution in [0.4, 0.5) is 11.5 Å². The van der Waals surface area contributed by atoms with Crippen LogP contribution in [-0.2, 0) is 6.54 Å². The van der Waals surface area contributed by atoms with Crippen molar-refractivity contribution in [3.05, 3.63) is 44.0 Å². The molecule has 0 aliphatic heterocycles. The predicted octanol–water partition coefficient (Wildman–Crippen LogP) is 2.68. The lowest BCUT2D eigenvalue weighted by molar-refractivity contribution is -0.385. The third kappa shape index (κ3) is 2.80. The maximum Gasteiger partial charge on any atom is 0.277 e. The summed E-state index contributed by atoms with van der Waals surface area (Å²) in [4.78, 5) is 19.7. The lowest BCUT2D eigenvalue weighted by Gasteiger charge is -2.04. The molecule has 2 rings (SSSR count). The van der Waals surface area contributed by atoms with Crippen LogP contribution in [0.15, 0.2) is 18.5 Å². The number of hydrogen-bond acceptors (Lipinski definition) is 6. The van der Waals surface area contributed by atoms with Gasteiger partial charge in [-0.15, -0.1) is 11.3 Å². The van der Waals surface area contributed by atoms with Crippen molar-refractivity contribution in [3.63, 3.8) is 0 Å². The molecule has 2 heterocycles. The predicted molar refractivity (Wildman–Crippen MR) is 69.8 cm³/mol. The summed E-state index contributed by atoms with van der Waals surface area (Å²) in [6.45, 7) is 4.17. The molecule has 2 aromatic rings. The zero-order valence-electron chi connectivity index (χ0n) is 10.0. The molecule has 0 spiro atoms. The van der Waals surface area contributed by atoms with Crippen molar-refractivity contribution >= 4 is 22.8 Å². The minimum absolute atomic E-state index is 0.0768. The number of rotatable bonds is 4. The molecule has 6 nitrogen and oxygen atoms in total. The molecule has 0 radical (unpaired) electrons. The fourth-order valence-corrected chi connectivity index (χ4v) is 2.21. The Bertz CT molecular complexity index is 582. The van der Waals surface area contributed by atoms with E-state index in [4.69, 9.17) is 0 Å². The lowest BCUT2D eigenvalue weighted by Crippen LogP contribution is -2.01. The molecule has 0 aliphatic carbocycles. The first-order valence-corrected chi connectivity index (χ1v) is 6.14. The third-order valence-electron chi connectivity index (χ3n) is 2.38. The van der Waals surface area contributed by atoms with Crippen LogP contribution in [0.25, 0.3) is 0 Å². The molecular weight excluding hydrogens is 252 g/mol. The summed E-state index contributed by atoms with van der Waals surface area (Å²) in [7, 11) is 0. The van der Waals surface area contributed by atoms with Crippen molar-refractivity contribution < 1.29 is 4.92 Å². The first-order chi connectivity index (χ1) is 8.56. The highest BCUT2D eigenvalue weighted by Gasteiger charge is 2.11. The summed E-state index contributed by atoms with van der Waals surface area (Å²) in [5, 5.41) is 14.8. The van der Waals surface area contributed by atoms with Gasteiger partial charge in [0.1, 0.15) is 5.82 Å². The molecule has 0 atom stereocenters. The van der Waals surface area contributed by atoms with Gasteiger partial charge in [-0.05, 0) is 13.8 Å². The highest BCUT2D eigenvalue weighted by atomic mass is 32.1. The lowest BCUT2D eigenvalue weighted by atomic mass is 10.2. The summed E-state index contributed by atoms with van der Waals surface area (Å²) in [5.41, 5.74) is 0.632. The van der Waals surface area contributed by atoms with Gasteiger partial charge in [-0.2, -0.15) is 0 Å². The summed E-state index contributed by atoms with van der Waals surface area (Å²) < 4.78 is 0. The molecule has 0 saturated carbocycles. The van der Waals surface area contributed by atoms with Crippen molar-refractivity contribution in [2.75, 3.05) is 5.32 Å². The van der Waals surface area contributed by atoms with E-state index in [0.29, 0.717) is 17.9 Å². The second-order valence-corrected chi connectivity index (χ2v) is 5.13. The van der Waals surface area contributed by atoms with Gasteiger partial charge in [0.2, 0.25) is 0 Å². The topological polar surface area (TPSA) is 81.0 Å². The number of aryl methyl sites for hydroxylation is 2. The fourth-order valence-electron chi connectivity index (χ4n) is 1.47. The highest BCUT2D eigenvalue weighted by molar-refractivity contribution is 7.11. The third-order valence-corrected chi connectivity index (χ3v) is 3.30. The van der Waals surface area contributed by atoms with Crippen molar-refractivity contribution in [1.29, 1.82) is 0 Å². The van der Waals surface area contributed by atoms with Crippen molar-refractivity contribution in [3.8, 4) is 0 Å². The number of aromatic nitrogens is 2. The van der Waals surface area contributed by atoms with E-state index in [1.165, 1.54) is 12.3 Å². The number of nitrogens with one attached hydrogen (secondary N) is 1. The summed E-state index contributed by atoms with van der Waals surface area (Å²) in [5.74, 6) is 0.498. The maximum atomic E-state index is 10.8. The van der Waals surface area contributed by atoms with Crippen LogP contribution in [0.5, 0.6) is 0 Å². The smallest absolute Gasteiger partial charge is 0.277 e. The Morgan fingerprint density at radius 2 is 2.17 bits per heavy atom. The Morgan fingerprint density at radius 3 is 2.78 bits per heavy atom. The largest absolute Gasteiger partial charge is 0.365 e. The fraction of sp³-hybridized carbons (Fsp3) is 0.273. The maximum absolute atomic E-state index is 10.8. The van der Waals surface area contributed by atoms with Crippen molar-refractivity contribution in [2.24, 2.45) is 0 Å². The van der Waals surface area contributed by atoms with Crippen LogP contribution in [0, 0.1) is 24.0 Å². The van der Waals surface area contributed by atoms with Gasteiger partial charge in [-0.25, -0.2) is 9.97 Å². The Labute approximate surface area is 108 Å². The van der Waals surface area contributed by atoms with Gasteiger partial charge in [0.05, 0.1) is 22.5 Å². The van der Waals surface area contributed by atoms with E-state index in [0.717, 1.165) is 9.88 Å². The van der Waals surface area contributed by atoms with E-state index in [9.17, 15) is 10.1 Å². The van der Waals surface area contributed by atoms with Crippen LogP contribution >= 0.6 is 11.3 Å². The normalized spacial score (nSPS) is 10.3. The number of thiazole rings is 1. The number of hydrogen-bond donors (Lipinski definition) is 1. The van der Waals surface area contributed by atoms with Gasteiger partial charge in [0.15, 0.2) is 0 Å². The van der Waals surface area contributed by atoms with E-state index >= 15 is 0 Å². The molecule has 1 N–H and O–H groups in total. The second kappa shape index (κ2) is 5.09. The molecule has 2 aromatic heterocycles. The van der Waals surface area contributed by atoms with E-state index in [2.05, 4.69) is 15.3 Å². The molecule has 0 amide bonds. The van der Waals surface area contributed by atoms with Crippen molar-refractivity contribution in [2.45, 2.75) is 20.4 Å². The van der Waals surface area contributed by atoms with E-state index < -0.39 is 4.92 Å². The summed E-state index contributed by atoms with van der Waals surface area (Å²) >= 11 is 1.59. The SMILES string of the molecule is Cc1ncc(CNc2cc([N+](=O)[O-])c(C)cn2)s1. The average Bonchev–Trinajstić information content (AvgIpc) is 2.74. The van der Waals surface area contributed by atoms with Crippen LogP contribution in [-0.4, -0.2) is 14.9 Å². The minimum Gasteiger partial charge on any atom is -0.365 e. The summed E-state index contributed by atoms with van der Waals surface area (Å²) in [6, 6.07) is 1.45. The Kier molecular flexibility index (Phi) is 3.52. The molecule has 0 bridgehead atoms. The second-order valence-electron chi connectivity index (χ2n) is 3.81. The van der Waals surface area contributed by atoms with Gasteiger partial charge in [-0.3, -0.25) is 10.1 Å². The Hall–Kier alpha value is -2.02. The molecular formula is C11H12N4O2S. The molecule has 0 aliphatic rings. The molecule has 18 heavy (non-hydrogen) atoms. The van der Waals surface area contributed by atoms with Crippen LogP contribution in [0.2, 0.25) is 0 Å². The van der Waals surface area contributed by atoms with E-state index in [1.54, 1.807) is 24.5 Å². The van der Waals surface area contributed by atoms with Gasteiger partial charge in [-0.1, -0.05) is 0 Å². The standard InChI is InChI=1S/C11H12N4O2S/c1-7-4-13-11(3-10(7)15(16)17)14-6-9-5-12-8(2)18-9/h3-5H,6H2,1-2H3,(H,13,14). The number of anilines is 1. The van der Waals surface area contributed by atoms with Gasteiger partial charge in [0, 0.05) is 22.8 Å². The first kappa shape index (κ1) is 12.4. The molecule has 0 saturated heterocycles. The van der Waals surface area contributed by atoms with Crippen LogP contribution in [0.1, 0.15) is 15.4 Å². The average molecular weight is 264 g/mol. The zero-order chi connectivity index (χ0) is 13.1. The molecule has 0 fully saturated rings. The van der Waals surface area contributed by atoms with E-state index in [1.807, 2.05) is 6.92 Å². The molecule has 94 valence electrons. The van der Waals surface area contributed by atoms with E-state index in [-0.39, 0.29) is 5.69 Å². The van der Waals surface area contributed by atoms with Crippen LogP contribution < -0.4 is 5.32 Å². The van der Waals surface area contributed by atoms with Crippen molar-refractivity contribution in [1.82, 2.24) is 9.97 Å². The monoisotopic (exact) mass is 264 g/mol. The highest BCUT2D eigenvalue weighted by Crippen LogP contribution is 2.20. The Balaban J connectivity index is 2.10. The zero-order valence-corrected chi connectivity index (χ0v) is 10.8. The van der Waals surface area contributed by atoms with Gasteiger partial charge in [0.25, 0.3) is 5.69 Å². The van der Waals surface area contributed by atoms with Gasteiger partial charge >= 0.3 is 0 Å². The number of pyridine rings is 1. The number of nitrogens with zero attached hydrogens (tertiary/aromatic N) is 3. The molecule has 0 aromatic carbocycles. The molecule has 7 heteroatoms. The minimum atomic E-state index is -0.404. The number of nitro groups is 1. The van der Waals surface area contributed by atoms with Crippen LogP contribution in [0.3, 0.4) is 0 Å². The van der Waals surface area contributed by atoms with Gasteiger partial charge < -0.3 is 5.32 Å². The molecule has 0 unspecified atom stereocenters. The Morgan fingerprint density at radius 1 is 1.39 bits per heavy atom. The quantitative estimate of drug-likeness (QED) is 0.678. The summed E-state index contributed by atoms with van der Waals surface area (Å²) in [6.07, 6.45) is 3.29. The first-order valence-electron chi connectivity index (χ1n) is 5.32.